The van der Waals surface area contributed by atoms with E-state index in [0.29, 0.717) is 22.9 Å². The smallest absolute Gasteiger partial charge is 0.337 e. The van der Waals surface area contributed by atoms with Crippen molar-refractivity contribution in [2.75, 3.05) is 0 Å². The predicted octanol–water partition coefficient (Wildman–Crippen LogP) is 2.67. The maximum absolute atomic E-state index is 11.0. The fourth-order valence-corrected chi connectivity index (χ4v) is 2.23. The number of aromatic nitrogens is 3. The molecule has 3 aromatic rings. The molecule has 0 fully saturated rings. The molecule has 1 aromatic carbocycles. The van der Waals surface area contributed by atoms with E-state index in [1.807, 2.05) is 18.2 Å². The van der Waals surface area contributed by atoms with Gasteiger partial charge in [0.2, 0.25) is 0 Å². The summed E-state index contributed by atoms with van der Waals surface area (Å²) in [7, 11) is 0. The predicted molar refractivity (Wildman–Crippen MR) is 74.2 cm³/mol. The maximum Gasteiger partial charge on any atom is 0.337 e. The molecule has 0 amide bonds. The van der Waals surface area contributed by atoms with Gasteiger partial charge >= 0.3 is 5.97 Å². The normalized spacial score (nSPS) is 10.8. The van der Waals surface area contributed by atoms with Crippen LogP contribution in [0.5, 0.6) is 0 Å². The average molecular weight is 288 g/mol. The van der Waals surface area contributed by atoms with Crippen LogP contribution in [0.2, 0.25) is 5.02 Å². The van der Waals surface area contributed by atoms with Gasteiger partial charge in [0.25, 0.3) is 0 Å². The van der Waals surface area contributed by atoms with E-state index in [1.165, 1.54) is 12.3 Å². The highest BCUT2D eigenvalue weighted by Gasteiger charge is 2.10. The van der Waals surface area contributed by atoms with Gasteiger partial charge in [-0.3, -0.25) is 4.40 Å². The number of rotatable bonds is 3. The molecule has 0 saturated heterocycles. The number of carbonyl (C=O) groups is 1. The molecular formula is C14H10ClN3O2. The van der Waals surface area contributed by atoms with E-state index in [1.54, 1.807) is 16.5 Å². The standard InChI is InChI=1S/C14H10ClN3O2/c15-11-3-1-2-9(6-11)7-13-17-16-12-5-4-10(14(19)20)8-18(12)13/h1-6,8H,7H2,(H,19,20). The first-order chi connectivity index (χ1) is 9.63. The lowest BCUT2D eigenvalue weighted by Crippen LogP contribution is -2.01. The number of hydrogen-bond acceptors (Lipinski definition) is 3. The van der Waals surface area contributed by atoms with Crippen molar-refractivity contribution in [1.82, 2.24) is 14.6 Å². The van der Waals surface area contributed by atoms with Crippen molar-refractivity contribution >= 4 is 23.2 Å². The summed E-state index contributed by atoms with van der Waals surface area (Å²) in [5.74, 6) is -0.306. The number of nitrogens with zero attached hydrogens (tertiary/aromatic N) is 3. The van der Waals surface area contributed by atoms with Crippen molar-refractivity contribution in [1.29, 1.82) is 0 Å². The van der Waals surface area contributed by atoms with E-state index in [4.69, 9.17) is 16.7 Å². The number of halogens is 1. The third-order valence-corrected chi connectivity index (χ3v) is 3.21. The summed E-state index contributed by atoms with van der Waals surface area (Å²) in [4.78, 5) is 11.0. The minimum absolute atomic E-state index is 0.199. The Morgan fingerprint density at radius 3 is 2.85 bits per heavy atom. The molecule has 2 heterocycles. The van der Waals surface area contributed by atoms with E-state index < -0.39 is 5.97 Å². The number of carboxylic acids is 1. The molecule has 100 valence electrons. The van der Waals surface area contributed by atoms with E-state index in [0.717, 1.165) is 5.56 Å². The largest absolute Gasteiger partial charge is 0.478 e. The Balaban J connectivity index is 2.03. The van der Waals surface area contributed by atoms with Gasteiger partial charge in [0.1, 0.15) is 5.82 Å². The fraction of sp³-hybridized carbons (Fsp3) is 0.0714. The van der Waals surface area contributed by atoms with Crippen LogP contribution in [0.3, 0.4) is 0 Å². The average Bonchev–Trinajstić information content (AvgIpc) is 2.81. The fourth-order valence-electron chi connectivity index (χ4n) is 2.01. The Bertz CT molecular complexity index is 798. The Morgan fingerprint density at radius 1 is 1.25 bits per heavy atom. The molecule has 0 aliphatic heterocycles. The van der Waals surface area contributed by atoms with E-state index in [9.17, 15) is 4.79 Å². The summed E-state index contributed by atoms with van der Waals surface area (Å²) in [5.41, 5.74) is 1.81. The molecule has 6 heteroatoms. The van der Waals surface area contributed by atoms with Crippen LogP contribution in [-0.4, -0.2) is 25.7 Å². The van der Waals surface area contributed by atoms with Gasteiger partial charge in [-0.1, -0.05) is 23.7 Å². The van der Waals surface area contributed by atoms with E-state index in [-0.39, 0.29) is 5.56 Å². The SMILES string of the molecule is O=C(O)c1ccc2nnc(Cc3cccc(Cl)c3)n2c1. The second-order valence-electron chi connectivity index (χ2n) is 4.37. The van der Waals surface area contributed by atoms with Crippen LogP contribution < -0.4 is 0 Å². The molecule has 0 aliphatic carbocycles. The summed E-state index contributed by atoms with van der Waals surface area (Å²) < 4.78 is 1.68. The quantitative estimate of drug-likeness (QED) is 0.804. The zero-order valence-corrected chi connectivity index (χ0v) is 11.1. The molecule has 5 nitrogen and oxygen atoms in total. The lowest BCUT2D eigenvalue weighted by atomic mass is 10.1. The van der Waals surface area contributed by atoms with Crippen LogP contribution in [0.4, 0.5) is 0 Å². The molecule has 0 atom stereocenters. The summed E-state index contributed by atoms with van der Waals surface area (Å²) in [6.45, 7) is 0. The molecule has 1 N–H and O–H groups in total. The van der Waals surface area contributed by atoms with Crippen LogP contribution in [0.25, 0.3) is 5.65 Å². The van der Waals surface area contributed by atoms with Crippen LogP contribution in [0.1, 0.15) is 21.7 Å². The summed E-state index contributed by atoms with van der Waals surface area (Å²) >= 11 is 5.95. The van der Waals surface area contributed by atoms with E-state index in [2.05, 4.69) is 10.2 Å². The number of carboxylic acid groups (broad SMARTS) is 1. The second kappa shape index (κ2) is 4.94. The first kappa shape index (κ1) is 12.6. The first-order valence-corrected chi connectivity index (χ1v) is 6.33. The monoisotopic (exact) mass is 287 g/mol. The second-order valence-corrected chi connectivity index (χ2v) is 4.81. The molecule has 0 spiro atoms. The molecule has 0 saturated carbocycles. The molecule has 0 unspecified atom stereocenters. The maximum atomic E-state index is 11.0. The minimum atomic E-state index is -0.977. The van der Waals surface area contributed by atoms with Gasteiger partial charge in [-0.15, -0.1) is 10.2 Å². The van der Waals surface area contributed by atoms with Crippen molar-refractivity contribution in [2.45, 2.75) is 6.42 Å². The molecule has 0 aliphatic rings. The van der Waals surface area contributed by atoms with Crippen LogP contribution in [-0.2, 0) is 6.42 Å². The van der Waals surface area contributed by atoms with Crippen LogP contribution in [0, 0.1) is 0 Å². The Hall–Kier alpha value is -2.40. The molecule has 0 radical (unpaired) electrons. The van der Waals surface area contributed by atoms with Gasteiger partial charge in [-0.25, -0.2) is 4.79 Å². The number of fused-ring (bicyclic) bond motifs is 1. The number of hydrogen-bond donors (Lipinski definition) is 1. The van der Waals surface area contributed by atoms with Gasteiger partial charge in [-0.05, 0) is 29.8 Å². The number of aromatic carboxylic acids is 1. The highest BCUT2D eigenvalue weighted by Crippen LogP contribution is 2.15. The lowest BCUT2D eigenvalue weighted by Gasteiger charge is -2.02. The highest BCUT2D eigenvalue weighted by atomic mass is 35.5. The van der Waals surface area contributed by atoms with E-state index >= 15 is 0 Å². The molecular weight excluding hydrogens is 278 g/mol. The van der Waals surface area contributed by atoms with Gasteiger partial charge < -0.3 is 5.11 Å². The molecule has 2 aromatic heterocycles. The summed E-state index contributed by atoms with van der Waals surface area (Å²) in [5, 5.41) is 17.8. The minimum Gasteiger partial charge on any atom is -0.478 e. The Labute approximate surface area is 119 Å². The zero-order chi connectivity index (χ0) is 14.1. The number of benzene rings is 1. The van der Waals surface area contributed by atoms with Crippen molar-refractivity contribution in [3.63, 3.8) is 0 Å². The topological polar surface area (TPSA) is 67.5 Å². The Morgan fingerprint density at radius 2 is 2.10 bits per heavy atom. The summed E-state index contributed by atoms with van der Waals surface area (Å²) in [6, 6.07) is 10.6. The third-order valence-electron chi connectivity index (χ3n) is 2.97. The lowest BCUT2D eigenvalue weighted by molar-refractivity contribution is 0.0696. The van der Waals surface area contributed by atoms with Gasteiger partial charge in [-0.2, -0.15) is 0 Å². The van der Waals surface area contributed by atoms with Crippen molar-refractivity contribution < 1.29 is 9.90 Å². The Kier molecular flexibility index (Phi) is 3.12. The first-order valence-electron chi connectivity index (χ1n) is 5.95. The van der Waals surface area contributed by atoms with Gasteiger partial charge in [0, 0.05) is 17.6 Å². The zero-order valence-electron chi connectivity index (χ0n) is 10.3. The van der Waals surface area contributed by atoms with Crippen LogP contribution >= 0.6 is 11.6 Å². The van der Waals surface area contributed by atoms with Crippen LogP contribution in [0.15, 0.2) is 42.6 Å². The summed E-state index contributed by atoms with van der Waals surface area (Å²) in [6.07, 6.45) is 2.06. The van der Waals surface area contributed by atoms with Crippen molar-refractivity contribution in [3.05, 3.63) is 64.6 Å². The third kappa shape index (κ3) is 2.35. The van der Waals surface area contributed by atoms with Gasteiger partial charge in [0.15, 0.2) is 5.65 Å². The highest BCUT2D eigenvalue weighted by molar-refractivity contribution is 6.30. The number of pyridine rings is 1. The van der Waals surface area contributed by atoms with Gasteiger partial charge in [0.05, 0.1) is 5.56 Å². The van der Waals surface area contributed by atoms with Crippen molar-refractivity contribution in [3.8, 4) is 0 Å². The molecule has 3 rings (SSSR count). The van der Waals surface area contributed by atoms with Crippen molar-refractivity contribution in [2.24, 2.45) is 0 Å². The molecule has 20 heavy (non-hydrogen) atoms. The molecule has 0 bridgehead atoms.